The number of ether oxygens (including phenoxy) is 3. The maximum absolute atomic E-state index is 11.3. The predicted octanol–water partition coefficient (Wildman–Crippen LogP) is 2.51. The summed E-state index contributed by atoms with van der Waals surface area (Å²) < 4.78 is 15.7. The van der Waals surface area contributed by atoms with Crippen LogP contribution in [0.4, 0.5) is 0 Å². The number of allylic oxidation sites excluding steroid dienone is 1. The van der Waals surface area contributed by atoms with Gasteiger partial charge in [-0.1, -0.05) is 6.92 Å². The Labute approximate surface area is 95.9 Å². The molecule has 16 heavy (non-hydrogen) atoms. The molecule has 0 saturated carbocycles. The van der Waals surface area contributed by atoms with Gasteiger partial charge in [-0.2, -0.15) is 0 Å². The standard InChI is InChI=1S/C12H18O4/c1-6-12(4)15-7-10(16-12)8(2)9(3)11(13)14-5/h7H,6H2,1-5H3. The minimum atomic E-state index is -0.618. The molecule has 0 fully saturated rings. The molecule has 1 rings (SSSR count). The Hall–Kier alpha value is -1.45. The minimum Gasteiger partial charge on any atom is -0.466 e. The molecule has 0 aromatic carbocycles. The molecule has 0 aliphatic carbocycles. The summed E-state index contributed by atoms with van der Waals surface area (Å²) >= 11 is 0. The van der Waals surface area contributed by atoms with Gasteiger partial charge in [0.05, 0.1) is 7.11 Å². The van der Waals surface area contributed by atoms with Gasteiger partial charge in [-0.15, -0.1) is 0 Å². The molecule has 0 spiro atoms. The number of hydrogen-bond acceptors (Lipinski definition) is 4. The quantitative estimate of drug-likeness (QED) is 0.548. The average molecular weight is 226 g/mol. The number of rotatable bonds is 3. The first kappa shape index (κ1) is 12.6. The van der Waals surface area contributed by atoms with Crippen molar-refractivity contribution in [2.45, 2.75) is 39.9 Å². The fourth-order valence-corrected chi connectivity index (χ4v) is 1.27. The fraction of sp³-hybridized carbons (Fsp3) is 0.583. The SMILES string of the molecule is CCC1(C)OC=C(C(C)=C(C)C(=O)OC)O1. The van der Waals surface area contributed by atoms with Gasteiger partial charge < -0.3 is 14.2 Å². The van der Waals surface area contributed by atoms with Crippen molar-refractivity contribution in [1.29, 1.82) is 0 Å². The monoisotopic (exact) mass is 226 g/mol. The molecular formula is C12H18O4. The van der Waals surface area contributed by atoms with Crippen molar-refractivity contribution >= 4 is 5.97 Å². The van der Waals surface area contributed by atoms with Crippen molar-refractivity contribution in [2.24, 2.45) is 0 Å². The molecule has 1 atom stereocenters. The molecule has 90 valence electrons. The van der Waals surface area contributed by atoms with E-state index in [4.69, 9.17) is 9.47 Å². The van der Waals surface area contributed by atoms with E-state index in [0.29, 0.717) is 11.3 Å². The summed E-state index contributed by atoms with van der Waals surface area (Å²) in [7, 11) is 1.36. The number of methoxy groups -OCH3 is 1. The maximum Gasteiger partial charge on any atom is 0.333 e. The smallest absolute Gasteiger partial charge is 0.333 e. The summed E-state index contributed by atoms with van der Waals surface area (Å²) in [6.07, 6.45) is 2.28. The summed E-state index contributed by atoms with van der Waals surface area (Å²) in [5, 5.41) is 0. The zero-order valence-electron chi connectivity index (χ0n) is 10.4. The van der Waals surface area contributed by atoms with E-state index in [1.165, 1.54) is 7.11 Å². The Morgan fingerprint density at radius 2 is 2.12 bits per heavy atom. The highest BCUT2D eigenvalue weighted by atomic mass is 16.7. The lowest BCUT2D eigenvalue weighted by molar-refractivity contribution is -0.137. The Morgan fingerprint density at radius 3 is 2.56 bits per heavy atom. The largest absolute Gasteiger partial charge is 0.466 e. The fourth-order valence-electron chi connectivity index (χ4n) is 1.27. The van der Waals surface area contributed by atoms with Crippen LogP contribution in [0, 0.1) is 0 Å². The molecule has 0 bridgehead atoms. The molecule has 4 nitrogen and oxygen atoms in total. The number of carbonyl (C=O) groups is 1. The normalized spacial score (nSPS) is 25.2. The lowest BCUT2D eigenvalue weighted by Gasteiger charge is -2.22. The van der Waals surface area contributed by atoms with E-state index in [1.54, 1.807) is 13.2 Å². The van der Waals surface area contributed by atoms with Crippen LogP contribution in [-0.2, 0) is 19.0 Å². The maximum atomic E-state index is 11.3. The minimum absolute atomic E-state index is 0.355. The first-order valence-electron chi connectivity index (χ1n) is 5.26. The molecule has 1 heterocycles. The van der Waals surface area contributed by atoms with Crippen molar-refractivity contribution in [2.75, 3.05) is 7.11 Å². The van der Waals surface area contributed by atoms with E-state index in [-0.39, 0.29) is 5.97 Å². The molecule has 0 N–H and O–H groups in total. The van der Waals surface area contributed by atoms with Gasteiger partial charge in [-0.05, 0) is 13.8 Å². The third-order valence-electron chi connectivity index (χ3n) is 2.81. The number of hydrogen-bond donors (Lipinski definition) is 0. The van der Waals surface area contributed by atoms with Crippen molar-refractivity contribution < 1.29 is 19.0 Å². The van der Waals surface area contributed by atoms with Gasteiger partial charge in [0.15, 0.2) is 5.76 Å². The zero-order valence-corrected chi connectivity index (χ0v) is 10.4. The highest BCUT2D eigenvalue weighted by Gasteiger charge is 2.32. The lowest BCUT2D eigenvalue weighted by atomic mass is 10.1. The number of carbonyl (C=O) groups excluding carboxylic acids is 1. The second-order valence-corrected chi connectivity index (χ2v) is 3.93. The van der Waals surface area contributed by atoms with Gasteiger partial charge in [0.25, 0.3) is 0 Å². The van der Waals surface area contributed by atoms with Crippen LogP contribution < -0.4 is 0 Å². The van der Waals surface area contributed by atoms with Gasteiger partial charge >= 0.3 is 5.97 Å². The van der Waals surface area contributed by atoms with E-state index in [9.17, 15) is 4.79 Å². The highest BCUT2D eigenvalue weighted by molar-refractivity contribution is 5.89. The van der Waals surface area contributed by atoms with E-state index >= 15 is 0 Å². The van der Waals surface area contributed by atoms with E-state index < -0.39 is 5.79 Å². The first-order chi connectivity index (χ1) is 7.43. The molecule has 0 aromatic heterocycles. The number of esters is 1. The van der Waals surface area contributed by atoms with Gasteiger partial charge in [0.2, 0.25) is 5.79 Å². The van der Waals surface area contributed by atoms with Gasteiger partial charge in [-0.25, -0.2) is 4.79 Å². The Bertz CT molecular complexity index is 354. The molecular weight excluding hydrogens is 208 g/mol. The summed E-state index contributed by atoms with van der Waals surface area (Å²) in [6.45, 7) is 7.34. The molecule has 1 aliphatic rings. The summed E-state index contributed by atoms with van der Waals surface area (Å²) in [5.74, 6) is -0.383. The summed E-state index contributed by atoms with van der Waals surface area (Å²) in [4.78, 5) is 11.3. The molecule has 1 unspecified atom stereocenters. The molecule has 4 heteroatoms. The molecule has 1 aliphatic heterocycles. The third kappa shape index (κ3) is 2.38. The Kier molecular flexibility index (Phi) is 3.62. The first-order valence-corrected chi connectivity index (χ1v) is 5.26. The highest BCUT2D eigenvalue weighted by Crippen LogP contribution is 2.32. The predicted molar refractivity (Wildman–Crippen MR) is 59.3 cm³/mol. The Morgan fingerprint density at radius 1 is 1.50 bits per heavy atom. The van der Waals surface area contributed by atoms with E-state index in [0.717, 1.165) is 12.0 Å². The van der Waals surface area contributed by atoms with Crippen LogP contribution >= 0.6 is 0 Å². The molecule has 0 saturated heterocycles. The van der Waals surface area contributed by atoms with Crippen molar-refractivity contribution in [1.82, 2.24) is 0 Å². The molecule has 0 amide bonds. The van der Waals surface area contributed by atoms with Crippen LogP contribution in [0.5, 0.6) is 0 Å². The third-order valence-corrected chi connectivity index (χ3v) is 2.81. The van der Waals surface area contributed by atoms with Crippen molar-refractivity contribution in [3.8, 4) is 0 Å². The average Bonchev–Trinajstić information content (AvgIpc) is 2.69. The lowest BCUT2D eigenvalue weighted by Crippen LogP contribution is -2.24. The zero-order chi connectivity index (χ0) is 12.3. The van der Waals surface area contributed by atoms with E-state index in [1.807, 2.05) is 20.8 Å². The van der Waals surface area contributed by atoms with Crippen LogP contribution in [0.25, 0.3) is 0 Å². The van der Waals surface area contributed by atoms with Gasteiger partial charge in [0.1, 0.15) is 6.26 Å². The topological polar surface area (TPSA) is 44.8 Å². The van der Waals surface area contributed by atoms with Gasteiger partial charge in [0, 0.05) is 24.5 Å². The van der Waals surface area contributed by atoms with E-state index in [2.05, 4.69) is 4.74 Å². The van der Waals surface area contributed by atoms with Crippen LogP contribution in [-0.4, -0.2) is 18.9 Å². The van der Waals surface area contributed by atoms with Crippen molar-refractivity contribution in [3.63, 3.8) is 0 Å². The summed E-state index contributed by atoms with van der Waals surface area (Å²) in [6, 6.07) is 0. The van der Waals surface area contributed by atoms with Gasteiger partial charge in [-0.3, -0.25) is 0 Å². The van der Waals surface area contributed by atoms with Crippen LogP contribution in [0.2, 0.25) is 0 Å². The second kappa shape index (κ2) is 4.60. The second-order valence-electron chi connectivity index (χ2n) is 3.93. The molecule has 0 radical (unpaired) electrons. The van der Waals surface area contributed by atoms with Crippen molar-refractivity contribution in [3.05, 3.63) is 23.2 Å². The van der Waals surface area contributed by atoms with Crippen LogP contribution in [0.1, 0.15) is 34.1 Å². The van der Waals surface area contributed by atoms with Crippen LogP contribution in [0.15, 0.2) is 23.2 Å². The molecule has 0 aromatic rings. The van der Waals surface area contributed by atoms with Crippen LogP contribution in [0.3, 0.4) is 0 Å². The summed E-state index contributed by atoms with van der Waals surface area (Å²) in [5.41, 5.74) is 1.27. The Balaban J connectivity index is 2.85.